The highest BCUT2D eigenvalue weighted by atomic mass is 16.5. The number of ketones is 1. The van der Waals surface area contributed by atoms with Crippen LogP contribution < -0.4 is 4.74 Å². The van der Waals surface area contributed by atoms with Gasteiger partial charge in [0, 0.05) is 29.9 Å². The molecule has 1 aromatic heterocycles. The molecule has 0 N–H and O–H groups in total. The van der Waals surface area contributed by atoms with E-state index >= 15 is 0 Å². The second kappa shape index (κ2) is 4.96. The Hall–Kier alpha value is -2.36. The van der Waals surface area contributed by atoms with E-state index in [1.54, 1.807) is 18.0 Å². The van der Waals surface area contributed by atoms with Crippen molar-refractivity contribution in [1.82, 2.24) is 9.78 Å². The highest BCUT2D eigenvalue weighted by Crippen LogP contribution is 2.29. The Bertz CT molecular complexity index is 698. The quantitative estimate of drug-likeness (QED) is 0.786. The van der Waals surface area contributed by atoms with Gasteiger partial charge >= 0.3 is 0 Å². The Kier molecular flexibility index (Phi) is 3.14. The summed E-state index contributed by atoms with van der Waals surface area (Å²) in [5.74, 6) is 0.911. The lowest BCUT2D eigenvalue weighted by atomic mass is 9.86. The molecule has 0 radical (unpaired) electrons. The van der Waals surface area contributed by atoms with Crippen LogP contribution >= 0.6 is 0 Å². The van der Waals surface area contributed by atoms with Crippen LogP contribution in [-0.4, -0.2) is 22.7 Å². The zero-order valence-electron chi connectivity index (χ0n) is 11.6. The molecule has 1 heterocycles. The highest BCUT2D eigenvalue weighted by Gasteiger charge is 2.22. The first kappa shape index (κ1) is 12.7. The molecule has 0 amide bonds. The summed E-state index contributed by atoms with van der Waals surface area (Å²) in [4.78, 5) is 12.5. The predicted molar refractivity (Wildman–Crippen MR) is 76.8 cm³/mol. The van der Waals surface area contributed by atoms with Crippen LogP contribution in [0.5, 0.6) is 5.75 Å². The molecule has 1 aliphatic rings. The van der Waals surface area contributed by atoms with Gasteiger partial charge in [0.1, 0.15) is 5.75 Å². The summed E-state index contributed by atoms with van der Waals surface area (Å²) in [6.07, 6.45) is 7.23. The average Bonchev–Trinajstić information content (AvgIpc) is 2.87. The summed E-state index contributed by atoms with van der Waals surface area (Å²) >= 11 is 0. The Morgan fingerprint density at radius 1 is 1.35 bits per heavy atom. The maximum Gasteiger partial charge on any atom is 0.189 e. The summed E-state index contributed by atoms with van der Waals surface area (Å²) in [6, 6.07) is 5.64. The van der Waals surface area contributed by atoms with E-state index in [9.17, 15) is 4.79 Å². The first-order valence-electron chi connectivity index (χ1n) is 6.58. The van der Waals surface area contributed by atoms with Gasteiger partial charge in [0.05, 0.1) is 13.3 Å². The second-order valence-corrected chi connectivity index (χ2v) is 4.97. The molecule has 4 nitrogen and oxygen atoms in total. The maximum atomic E-state index is 12.5. The summed E-state index contributed by atoms with van der Waals surface area (Å²) in [5.41, 5.74) is 3.66. The van der Waals surface area contributed by atoms with Gasteiger partial charge in [-0.05, 0) is 42.7 Å². The van der Waals surface area contributed by atoms with Crippen molar-refractivity contribution in [2.45, 2.75) is 12.8 Å². The van der Waals surface area contributed by atoms with E-state index in [1.807, 2.05) is 37.5 Å². The topological polar surface area (TPSA) is 44.1 Å². The fraction of sp³-hybridized carbons (Fsp3) is 0.250. The van der Waals surface area contributed by atoms with Crippen molar-refractivity contribution >= 4 is 11.9 Å². The first-order valence-corrected chi connectivity index (χ1v) is 6.58. The number of benzene rings is 1. The van der Waals surface area contributed by atoms with E-state index in [1.165, 1.54) is 0 Å². The van der Waals surface area contributed by atoms with E-state index in [0.29, 0.717) is 0 Å². The number of methoxy groups -OCH3 is 1. The molecule has 1 aliphatic carbocycles. The number of carbonyl (C=O) groups is 1. The molecule has 0 unspecified atom stereocenters. The fourth-order valence-electron chi connectivity index (χ4n) is 2.53. The lowest BCUT2D eigenvalue weighted by molar-refractivity contribution is 0.102. The largest absolute Gasteiger partial charge is 0.497 e. The molecular formula is C16H16N2O2. The number of rotatable bonds is 2. The number of fused-ring (bicyclic) bond motifs is 1. The van der Waals surface area contributed by atoms with Crippen LogP contribution in [-0.2, 0) is 13.5 Å². The summed E-state index contributed by atoms with van der Waals surface area (Å²) in [6.45, 7) is 0. The van der Waals surface area contributed by atoms with Crippen LogP contribution in [0.15, 0.2) is 36.2 Å². The summed E-state index contributed by atoms with van der Waals surface area (Å²) < 4.78 is 6.94. The Morgan fingerprint density at radius 2 is 2.20 bits per heavy atom. The van der Waals surface area contributed by atoms with Crippen LogP contribution in [0, 0.1) is 0 Å². The lowest BCUT2D eigenvalue weighted by Gasteiger charge is -2.18. The predicted octanol–water partition coefficient (Wildman–Crippen LogP) is 2.64. The molecule has 0 atom stereocenters. The number of Topliss-reactive ketones (excluding diaryl/α,β-unsaturated/α-hetero) is 1. The van der Waals surface area contributed by atoms with E-state index < -0.39 is 0 Å². The van der Waals surface area contributed by atoms with E-state index in [-0.39, 0.29) is 5.78 Å². The van der Waals surface area contributed by atoms with E-state index in [2.05, 4.69) is 5.10 Å². The number of ether oxygens (including phenoxy) is 1. The minimum atomic E-state index is 0.109. The molecular weight excluding hydrogens is 252 g/mol. The van der Waals surface area contributed by atoms with Gasteiger partial charge in [0.2, 0.25) is 0 Å². The van der Waals surface area contributed by atoms with Crippen molar-refractivity contribution in [3.8, 4) is 5.75 Å². The van der Waals surface area contributed by atoms with Crippen molar-refractivity contribution in [2.24, 2.45) is 7.05 Å². The van der Waals surface area contributed by atoms with Gasteiger partial charge < -0.3 is 4.74 Å². The SMILES string of the molecule is COc1ccc2c(c1)CC/C(=C/c1cnn(C)c1)C2=O. The second-order valence-electron chi connectivity index (χ2n) is 4.97. The normalized spacial score (nSPS) is 16.3. The number of allylic oxidation sites excluding steroid dienone is 1. The van der Waals surface area contributed by atoms with Crippen LogP contribution in [0.25, 0.3) is 6.08 Å². The lowest BCUT2D eigenvalue weighted by Crippen LogP contribution is -2.14. The molecule has 20 heavy (non-hydrogen) atoms. The number of aryl methyl sites for hydroxylation is 2. The Balaban J connectivity index is 1.95. The minimum absolute atomic E-state index is 0.109. The molecule has 0 saturated carbocycles. The molecule has 3 rings (SSSR count). The molecule has 0 fully saturated rings. The summed E-state index contributed by atoms with van der Waals surface area (Å²) in [7, 11) is 3.51. The van der Waals surface area contributed by atoms with Crippen LogP contribution in [0.4, 0.5) is 0 Å². The number of carbonyl (C=O) groups excluding carboxylic acids is 1. The third kappa shape index (κ3) is 2.25. The molecule has 0 bridgehead atoms. The van der Waals surface area contributed by atoms with Gasteiger partial charge in [-0.15, -0.1) is 0 Å². The molecule has 4 heteroatoms. The van der Waals surface area contributed by atoms with Gasteiger partial charge in [-0.3, -0.25) is 9.48 Å². The molecule has 102 valence electrons. The van der Waals surface area contributed by atoms with Gasteiger partial charge in [-0.25, -0.2) is 0 Å². The third-order valence-corrected chi connectivity index (χ3v) is 3.58. The first-order chi connectivity index (χ1) is 9.67. The van der Waals surface area contributed by atoms with Crippen LogP contribution in [0.3, 0.4) is 0 Å². The maximum absolute atomic E-state index is 12.5. The Morgan fingerprint density at radius 3 is 2.90 bits per heavy atom. The molecule has 0 spiro atoms. The Labute approximate surface area is 117 Å². The standard InChI is InChI=1S/C16H16N2O2/c1-18-10-11(9-17-18)7-13-4-3-12-8-14(20-2)5-6-15(12)16(13)19/h5-10H,3-4H2,1-2H3/b13-7-. The van der Waals surface area contributed by atoms with Gasteiger partial charge in [-0.1, -0.05) is 0 Å². The average molecular weight is 268 g/mol. The van der Waals surface area contributed by atoms with Crippen molar-refractivity contribution in [3.05, 3.63) is 52.9 Å². The molecule has 2 aromatic rings. The van der Waals surface area contributed by atoms with Crippen molar-refractivity contribution in [1.29, 1.82) is 0 Å². The fourth-order valence-corrected chi connectivity index (χ4v) is 2.53. The van der Waals surface area contributed by atoms with Crippen molar-refractivity contribution < 1.29 is 9.53 Å². The van der Waals surface area contributed by atoms with Gasteiger partial charge in [0.25, 0.3) is 0 Å². The number of hydrogen-bond acceptors (Lipinski definition) is 3. The zero-order chi connectivity index (χ0) is 14.1. The number of nitrogens with zero attached hydrogens (tertiary/aromatic N) is 2. The van der Waals surface area contributed by atoms with Crippen LogP contribution in [0.2, 0.25) is 0 Å². The number of aromatic nitrogens is 2. The monoisotopic (exact) mass is 268 g/mol. The smallest absolute Gasteiger partial charge is 0.189 e. The van der Waals surface area contributed by atoms with Gasteiger partial charge in [0.15, 0.2) is 5.78 Å². The molecule has 0 saturated heterocycles. The van der Waals surface area contributed by atoms with E-state index in [4.69, 9.17) is 4.74 Å². The number of hydrogen-bond donors (Lipinski definition) is 0. The van der Waals surface area contributed by atoms with E-state index in [0.717, 1.165) is 40.9 Å². The highest BCUT2D eigenvalue weighted by molar-refractivity contribution is 6.13. The molecule has 0 aliphatic heterocycles. The van der Waals surface area contributed by atoms with Crippen molar-refractivity contribution in [2.75, 3.05) is 7.11 Å². The zero-order valence-corrected chi connectivity index (χ0v) is 11.6. The van der Waals surface area contributed by atoms with Gasteiger partial charge in [-0.2, -0.15) is 5.10 Å². The van der Waals surface area contributed by atoms with Crippen molar-refractivity contribution in [3.63, 3.8) is 0 Å². The van der Waals surface area contributed by atoms with Crippen LogP contribution in [0.1, 0.15) is 27.9 Å². The molecule has 1 aromatic carbocycles. The minimum Gasteiger partial charge on any atom is -0.497 e. The third-order valence-electron chi connectivity index (χ3n) is 3.58. The summed E-state index contributed by atoms with van der Waals surface area (Å²) in [5, 5.41) is 4.12.